The molecule has 1 atom stereocenters. The summed E-state index contributed by atoms with van der Waals surface area (Å²) in [5, 5.41) is 4.66. The predicted molar refractivity (Wildman–Crippen MR) is 87.6 cm³/mol. The fraction of sp³-hybridized carbons (Fsp3) is 0.400. The van der Waals surface area contributed by atoms with E-state index in [1.54, 1.807) is 0 Å². The van der Waals surface area contributed by atoms with Gasteiger partial charge in [0.2, 0.25) is 5.91 Å². The summed E-state index contributed by atoms with van der Waals surface area (Å²) in [7, 11) is 0. The van der Waals surface area contributed by atoms with Crippen molar-refractivity contribution in [3.63, 3.8) is 0 Å². The van der Waals surface area contributed by atoms with Gasteiger partial charge in [-0.25, -0.2) is 9.18 Å². The van der Waals surface area contributed by atoms with Gasteiger partial charge in [0.25, 0.3) is 5.91 Å². The van der Waals surface area contributed by atoms with Crippen LogP contribution in [0.15, 0.2) is 12.1 Å². The Morgan fingerprint density at radius 2 is 1.92 bits per heavy atom. The van der Waals surface area contributed by atoms with Crippen LogP contribution in [0.5, 0.6) is 0 Å². The first-order valence-corrected chi connectivity index (χ1v) is 7.90. The van der Waals surface area contributed by atoms with Crippen molar-refractivity contribution in [2.75, 3.05) is 13.2 Å². The first-order chi connectivity index (χ1) is 11.3. The molecule has 0 unspecified atom stereocenters. The van der Waals surface area contributed by atoms with Crippen molar-refractivity contribution in [2.45, 2.75) is 26.3 Å². The van der Waals surface area contributed by atoms with Crippen LogP contribution in [0.4, 0.5) is 4.39 Å². The highest BCUT2D eigenvalue weighted by Gasteiger charge is 2.19. The zero-order valence-corrected chi connectivity index (χ0v) is 14.6. The van der Waals surface area contributed by atoms with Gasteiger partial charge in [-0.05, 0) is 25.5 Å². The molecule has 2 amide bonds. The Balaban J connectivity index is 2.54. The highest BCUT2D eigenvalue weighted by molar-refractivity contribution is 6.36. The van der Waals surface area contributed by atoms with Crippen LogP contribution in [0.25, 0.3) is 0 Å². The average molecular weight is 379 g/mol. The summed E-state index contributed by atoms with van der Waals surface area (Å²) in [5.74, 6) is -2.83. The fourth-order valence-electron chi connectivity index (χ4n) is 1.64. The monoisotopic (exact) mass is 378 g/mol. The molecule has 1 aromatic carbocycles. The molecule has 24 heavy (non-hydrogen) atoms. The quantitative estimate of drug-likeness (QED) is 0.563. The highest BCUT2D eigenvalue weighted by Crippen LogP contribution is 2.24. The minimum Gasteiger partial charge on any atom is -0.452 e. The smallest absolute Gasteiger partial charge is 0.340 e. The van der Waals surface area contributed by atoms with E-state index in [4.69, 9.17) is 27.9 Å². The van der Waals surface area contributed by atoms with Gasteiger partial charge in [0.1, 0.15) is 11.9 Å². The molecular formula is C15H17Cl2FN2O4. The fourth-order valence-corrected chi connectivity index (χ4v) is 2.10. The van der Waals surface area contributed by atoms with Gasteiger partial charge in [0, 0.05) is 6.54 Å². The van der Waals surface area contributed by atoms with Crippen molar-refractivity contribution in [1.82, 2.24) is 10.6 Å². The number of hydrogen-bond donors (Lipinski definition) is 2. The van der Waals surface area contributed by atoms with Crippen molar-refractivity contribution in [3.8, 4) is 0 Å². The Morgan fingerprint density at radius 3 is 2.54 bits per heavy atom. The number of rotatable bonds is 7. The van der Waals surface area contributed by atoms with E-state index in [-0.39, 0.29) is 21.5 Å². The van der Waals surface area contributed by atoms with Crippen molar-refractivity contribution >= 4 is 41.0 Å². The van der Waals surface area contributed by atoms with Crippen LogP contribution in [0.3, 0.4) is 0 Å². The van der Waals surface area contributed by atoms with Crippen LogP contribution in [0.1, 0.15) is 30.6 Å². The molecule has 1 aromatic rings. The topological polar surface area (TPSA) is 84.5 Å². The van der Waals surface area contributed by atoms with Crippen LogP contribution >= 0.6 is 23.2 Å². The van der Waals surface area contributed by atoms with Crippen LogP contribution in [0.2, 0.25) is 10.0 Å². The summed E-state index contributed by atoms with van der Waals surface area (Å²) in [4.78, 5) is 35.1. The van der Waals surface area contributed by atoms with E-state index in [1.807, 2.05) is 6.92 Å². The summed E-state index contributed by atoms with van der Waals surface area (Å²) in [6.45, 7) is 3.25. The molecule has 0 heterocycles. The van der Waals surface area contributed by atoms with E-state index in [0.29, 0.717) is 6.54 Å². The second-order valence-electron chi connectivity index (χ2n) is 4.90. The van der Waals surface area contributed by atoms with Gasteiger partial charge in [0.05, 0.1) is 15.6 Å². The lowest BCUT2D eigenvalue weighted by molar-refractivity contribution is -0.130. The van der Waals surface area contributed by atoms with Crippen LogP contribution in [-0.4, -0.2) is 37.0 Å². The molecule has 0 spiro atoms. The van der Waals surface area contributed by atoms with Crippen LogP contribution < -0.4 is 10.6 Å². The lowest BCUT2D eigenvalue weighted by Gasteiger charge is -2.14. The largest absolute Gasteiger partial charge is 0.452 e. The van der Waals surface area contributed by atoms with E-state index in [2.05, 4.69) is 10.6 Å². The Kier molecular flexibility index (Phi) is 7.94. The SMILES string of the molecule is CCCNC(=O)[C@@H](C)NC(=O)COC(=O)c1cc(F)c(Cl)cc1Cl. The molecule has 2 N–H and O–H groups in total. The molecule has 0 aliphatic heterocycles. The minimum atomic E-state index is -0.978. The zero-order chi connectivity index (χ0) is 18.3. The Morgan fingerprint density at radius 1 is 1.25 bits per heavy atom. The molecule has 0 aliphatic rings. The Labute approximate surface area is 148 Å². The third kappa shape index (κ3) is 5.98. The number of halogens is 3. The first-order valence-electron chi connectivity index (χ1n) is 7.15. The number of carbonyl (C=O) groups excluding carboxylic acids is 3. The standard InChI is InChI=1S/C15H17Cl2FN2O4/c1-3-4-19-14(22)8(2)20-13(21)7-24-15(23)9-5-12(18)11(17)6-10(9)16/h5-6,8H,3-4,7H2,1-2H3,(H,19,22)(H,20,21)/t8-/m1/s1. The van der Waals surface area contributed by atoms with Gasteiger partial charge in [-0.2, -0.15) is 0 Å². The maximum atomic E-state index is 13.4. The first kappa shape index (κ1) is 20.2. The molecular weight excluding hydrogens is 362 g/mol. The molecule has 0 saturated carbocycles. The summed E-state index contributed by atoms with van der Waals surface area (Å²) < 4.78 is 18.1. The second-order valence-corrected chi connectivity index (χ2v) is 5.72. The Hall–Kier alpha value is -1.86. The molecule has 0 fully saturated rings. The number of amides is 2. The van der Waals surface area contributed by atoms with E-state index in [9.17, 15) is 18.8 Å². The van der Waals surface area contributed by atoms with Crippen molar-refractivity contribution in [1.29, 1.82) is 0 Å². The predicted octanol–water partition coefficient (Wildman–Crippen LogP) is 2.32. The highest BCUT2D eigenvalue weighted by atomic mass is 35.5. The molecule has 0 aliphatic carbocycles. The molecule has 1 rings (SSSR count). The third-order valence-corrected chi connectivity index (χ3v) is 3.49. The minimum absolute atomic E-state index is 0.0980. The van der Waals surface area contributed by atoms with E-state index >= 15 is 0 Å². The number of ether oxygens (including phenoxy) is 1. The lowest BCUT2D eigenvalue weighted by atomic mass is 10.2. The molecule has 132 valence electrons. The number of nitrogens with one attached hydrogen (secondary N) is 2. The third-order valence-electron chi connectivity index (χ3n) is 2.88. The van der Waals surface area contributed by atoms with Crippen molar-refractivity contribution in [3.05, 3.63) is 33.6 Å². The zero-order valence-electron chi connectivity index (χ0n) is 13.1. The normalized spacial score (nSPS) is 11.5. The van der Waals surface area contributed by atoms with Crippen molar-refractivity contribution in [2.24, 2.45) is 0 Å². The molecule has 0 saturated heterocycles. The summed E-state index contributed by atoms with van der Waals surface area (Å²) in [6, 6.07) is 1.11. The summed E-state index contributed by atoms with van der Waals surface area (Å²) >= 11 is 11.3. The van der Waals surface area contributed by atoms with Crippen LogP contribution in [0, 0.1) is 5.82 Å². The van der Waals surface area contributed by atoms with Gasteiger partial charge >= 0.3 is 5.97 Å². The summed E-state index contributed by atoms with van der Waals surface area (Å²) in [6.07, 6.45) is 0.766. The van der Waals surface area contributed by atoms with E-state index < -0.39 is 30.3 Å². The van der Waals surface area contributed by atoms with Crippen LogP contribution in [-0.2, 0) is 14.3 Å². The second kappa shape index (κ2) is 9.44. The molecule has 0 radical (unpaired) electrons. The van der Waals surface area contributed by atoms with Gasteiger partial charge < -0.3 is 15.4 Å². The maximum absolute atomic E-state index is 13.4. The molecule has 9 heteroatoms. The van der Waals surface area contributed by atoms with Gasteiger partial charge in [-0.3, -0.25) is 9.59 Å². The van der Waals surface area contributed by atoms with Gasteiger partial charge in [0.15, 0.2) is 6.61 Å². The Bertz CT molecular complexity index is 640. The number of benzene rings is 1. The maximum Gasteiger partial charge on any atom is 0.340 e. The van der Waals surface area contributed by atoms with E-state index in [0.717, 1.165) is 18.6 Å². The molecule has 6 nitrogen and oxygen atoms in total. The van der Waals surface area contributed by atoms with Crippen molar-refractivity contribution < 1.29 is 23.5 Å². The lowest BCUT2D eigenvalue weighted by Crippen LogP contribution is -2.46. The molecule has 0 bridgehead atoms. The summed E-state index contributed by atoms with van der Waals surface area (Å²) in [5.41, 5.74) is -0.250. The molecule has 0 aromatic heterocycles. The number of carbonyl (C=O) groups is 3. The van der Waals surface area contributed by atoms with Gasteiger partial charge in [-0.1, -0.05) is 30.1 Å². The average Bonchev–Trinajstić information content (AvgIpc) is 2.53. The van der Waals surface area contributed by atoms with Gasteiger partial charge in [-0.15, -0.1) is 0 Å². The number of esters is 1. The number of hydrogen-bond acceptors (Lipinski definition) is 4. The van der Waals surface area contributed by atoms with E-state index in [1.165, 1.54) is 6.92 Å².